The molecule has 0 unspecified atom stereocenters. The van der Waals surface area contributed by atoms with Crippen LogP contribution in [0.5, 0.6) is 0 Å². The highest BCUT2D eigenvalue weighted by molar-refractivity contribution is 8.26. The Morgan fingerprint density at radius 1 is 0.829 bits per heavy atom. The first-order valence-electron chi connectivity index (χ1n) is 10.8. The van der Waals surface area contributed by atoms with Crippen LogP contribution in [0.2, 0.25) is 10.3 Å². The van der Waals surface area contributed by atoms with Gasteiger partial charge in [0.25, 0.3) is 0 Å². The van der Waals surface area contributed by atoms with Gasteiger partial charge in [-0.15, -0.1) is 6.58 Å². The zero-order chi connectivity index (χ0) is 31.6. The number of aliphatic hydroxyl groups is 1. The second kappa shape index (κ2) is 25.7. The first-order valence-corrected chi connectivity index (χ1v) is 14.4. The molecule has 41 heavy (non-hydrogen) atoms. The van der Waals surface area contributed by atoms with Crippen LogP contribution in [-0.2, 0) is 33.1 Å². The standard InChI is InChI=1S/C11H12ClN3O3.C8H8ClN3O3.C3H6O.Cl2OS/c1-2-5-18-11(17)4-3-10(16)15-9-7-13-8(12)6-14-9;9-5-3-11-6(4-10-5)12-7(13)1-2-8(14)15;1-2-3-4;1-4(2)3/h2,6-7H,1,3-5H2,(H,14,15,16);3-4H,1-2H2,(H,14,15)(H,11,12,13);2,4H,1,3H2;. The van der Waals surface area contributed by atoms with E-state index in [2.05, 4.69) is 65.1 Å². The largest absolute Gasteiger partial charge is 0.481 e. The molecule has 0 bridgehead atoms. The van der Waals surface area contributed by atoms with Crippen LogP contribution in [0.4, 0.5) is 11.6 Å². The molecule has 2 heterocycles. The van der Waals surface area contributed by atoms with Crippen LogP contribution in [-0.4, -0.2) is 71.3 Å². The number of carbonyl (C=O) groups excluding carboxylic acids is 3. The fraction of sp³-hybridized carbons (Fsp3) is 0.273. The van der Waals surface area contributed by atoms with Gasteiger partial charge in [-0.1, -0.05) is 41.9 Å². The minimum absolute atomic E-state index is 0.000686. The van der Waals surface area contributed by atoms with Gasteiger partial charge in [0, 0.05) is 34.2 Å². The number of ether oxygens (including phenoxy) is 1. The number of nitrogens with one attached hydrogen (secondary N) is 2. The van der Waals surface area contributed by atoms with E-state index in [1.165, 1.54) is 36.9 Å². The minimum atomic E-state index is -1.67. The van der Waals surface area contributed by atoms with Gasteiger partial charge in [-0.3, -0.25) is 19.2 Å². The summed E-state index contributed by atoms with van der Waals surface area (Å²) in [6.07, 6.45) is 7.82. The van der Waals surface area contributed by atoms with Crippen molar-refractivity contribution in [3.8, 4) is 0 Å². The third-order valence-electron chi connectivity index (χ3n) is 3.39. The molecule has 226 valence electrons. The molecule has 0 aliphatic rings. The van der Waals surface area contributed by atoms with Crippen molar-refractivity contribution in [3.05, 3.63) is 60.4 Å². The van der Waals surface area contributed by atoms with Crippen molar-refractivity contribution < 1.29 is 38.3 Å². The predicted molar refractivity (Wildman–Crippen MR) is 156 cm³/mol. The quantitative estimate of drug-likeness (QED) is 0.152. The first-order chi connectivity index (χ1) is 19.3. The van der Waals surface area contributed by atoms with E-state index in [4.69, 9.17) is 42.4 Å². The Kier molecular flexibility index (Phi) is 25.1. The van der Waals surface area contributed by atoms with Crippen molar-refractivity contribution in [1.29, 1.82) is 0 Å². The lowest BCUT2D eigenvalue weighted by Crippen LogP contribution is -2.15. The average Bonchev–Trinajstić information content (AvgIpc) is 2.92. The summed E-state index contributed by atoms with van der Waals surface area (Å²) < 4.78 is 13.8. The predicted octanol–water partition coefficient (Wildman–Crippen LogP) is 3.72. The number of carboxylic acids is 1. The van der Waals surface area contributed by atoms with E-state index in [-0.39, 0.29) is 66.7 Å². The SMILES string of the molecule is C=CCO.C=CCOC(=O)CCC(=O)Nc1cnc(Cl)cn1.O=C(O)CCC(=O)Nc1cnc(Cl)cn1.O=S(Cl)Cl. The molecule has 0 saturated heterocycles. The Morgan fingerprint density at radius 3 is 1.56 bits per heavy atom. The van der Waals surface area contributed by atoms with Crippen molar-refractivity contribution in [1.82, 2.24) is 19.9 Å². The second-order valence-electron chi connectivity index (χ2n) is 6.57. The fourth-order valence-electron chi connectivity index (χ4n) is 1.82. The molecule has 2 aromatic rings. The average molecular weight is 676 g/mol. The number of amides is 2. The Hall–Kier alpha value is -3.21. The smallest absolute Gasteiger partial charge is 0.306 e. The van der Waals surface area contributed by atoms with E-state index in [9.17, 15) is 19.2 Å². The highest BCUT2D eigenvalue weighted by atomic mass is 36.0. The number of hydrogen-bond acceptors (Lipinski definition) is 11. The fourth-order valence-corrected chi connectivity index (χ4v) is 2.02. The summed E-state index contributed by atoms with van der Waals surface area (Å²) in [7, 11) is 7.36. The van der Waals surface area contributed by atoms with Gasteiger partial charge in [-0.25, -0.2) is 24.1 Å². The van der Waals surface area contributed by atoms with E-state index in [0.717, 1.165) is 0 Å². The molecule has 2 amide bonds. The number of carbonyl (C=O) groups is 4. The molecule has 0 saturated carbocycles. The molecule has 4 N–H and O–H groups in total. The number of halogens is 4. The van der Waals surface area contributed by atoms with E-state index < -0.39 is 27.1 Å². The van der Waals surface area contributed by atoms with Crippen LogP contribution in [0.25, 0.3) is 0 Å². The Balaban J connectivity index is 0. The van der Waals surface area contributed by atoms with Crippen molar-refractivity contribution >= 4 is 89.2 Å². The number of nitrogens with zero attached hydrogens (tertiary/aromatic N) is 4. The highest BCUT2D eigenvalue weighted by Gasteiger charge is 2.09. The summed E-state index contributed by atoms with van der Waals surface area (Å²) in [6.45, 7) is 6.86. The number of aliphatic carboxylic acids is 1. The van der Waals surface area contributed by atoms with Crippen LogP contribution in [0, 0.1) is 0 Å². The molecule has 2 rings (SSSR count). The molecule has 0 fully saturated rings. The number of aliphatic hydroxyl groups excluding tert-OH is 1. The van der Waals surface area contributed by atoms with Crippen LogP contribution in [0.15, 0.2) is 50.1 Å². The Morgan fingerprint density at radius 2 is 1.24 bits per heavy atom. The van der Waals surface area contributed by atoms with Crippen LogP contribution >= 0.6 is 44.6 Å². The van der Waals surface area contributed by atoms with Gasteiger partial charge >= 0.3 is 11.9 Å². The summed E-state index contributed by atoms with van der Waals surface area (Å²) >= 11 is 11.0. The number of esters is 1. The number of carboxylic acid groups (broad SMARTS) is 1. The molecular weight excluding hydrogens is 650 g/mol. The maximum atomic E-state index is 11.4. The topological polar surface area (TPSA) is 211 Å². The zero-order valence-electron chi connectivity index (χ0n) is 21.2. The van der Waals surface area contributed by atoms with E-state index in [1.807, 2.05) is 0 Å². The van der Waals surface area contributed by atoms with Crippen molar-refractivity contribution in [2.45, 2.75) is 25.7 Å². The Labute approximate surface area is 256 Å². The third-order valence-corrected chi connectivity index (χ3v) is 3.78. The van der Waals surface area contributed by atoms with Gasteiger partial charge in [-0.05, 0) is 0 Å². The molecule has 0 spiro atoms. The summed E-state index contributed by atoms with van der Waals surface area (Å²) in [5, 5.41) is 21.4. The van der Waals surface area contributed by atoms with Gasteiger partial charge in [0.1, 0.15) is 16.9 Å². The molecule has 19 heteroatoms. The lowest BCUT2D eigenvalue weighted by atomic mass is 10.3. The first kappa shape index (κ1) is 39.9. The number of aromatic nitrogens is 4. The maximum Gasteiger partial charge on any atom is 0.306 e. The summed E-state index contributed by atoms with van der Waals surface area (Å²) in [5.41, 5.74) is 0. The zero-order valence-corrected chi connectivity index (χ0v) is 25.0. The molecule has 0 radical (unpaired) electrons. The number of hydrogen-bond donors (Lipinski definition) is 4. The van der Waals surface area contributed by atoms with Gasteiger partial charge in [0.15, 0.2) is 11.6 Å². The van der Waals surface area contributed by atoms with Gasteiger partial charge in [0.05, 0.1) is 44.2 Å². The molecule has 0 atom stereocenters. The molecule has 0 aliphatic carbocycles. The molecule has 14 nitrogen and oxygen atoms in total. The molecule has 2 aromatic heterocycles. The van der Waals surface area contributed by atoms with Crippen LogP contribution < -0.4 is 10.6 Å². The summed E-state index contributed by atoms with van der Waals surface area (Å²) in [5.74, 6) is -1.71. The maximum absolute atomic E-state index is 11.4. The monoisotopic (exact) mass is 674 g/mol. The van der Waals surface area contributed by atoms with Crippen LogP contribution in [0.1, 0.15) is 25.7 Å². The third kappa shape index (κ3) is 28.1. The van der Waals surface area contributed by atoms with Gasteiger partial charge in [0.2, 0.25) is 21.0 Å². The van der Waals surface area contributed by atoms with E-state index >= 15 is 0 Å². The van der Waals surface area contributed by atoms with Crippen molar-refractivity contribution in [3.63, 3.8) is 0 Å². The van der Waals surface area contributed by atoms with Gasteiger partial charge < -0.3 is 25.6 Å². The van der Waals surface area contributed by atoms with Crippen molar-refractivity contribution in [2.75, 3.05) is 23.8 Å². The lowest BCUT2D eigenvalue weighted by Gasteiger charge is -2.04. The molecule has 0 aliphatic heterocycles. The molecular formula is C22H26Cl4N6O8S. The van der Waals surface area contributed by atoms with Crippen LogP contribution in [0.3, 0.4) is 0 Å². The van der Waals surface area contributed by atoms with Gasteiger partial charge in [-0.2, -0.15) is 0 Å². The normalized spacial score (nSPS) is 9.22. The minimum Gasteiger partial charge on any atom is -0.481 e. The van der Waals surface area contributed by atoms with Crippen molar-refractivity contribution in [2.24, 2.45) is 0 Å². The summed E-state index contributed by atoms with van der Waals surface area (Å²) in [4.78, 5) is 58.9. The number of rotatable bonds is 11. The second-order valence-corrected chi connectivity index (χ2v) is 9.86. The summed E-state index contributed by atoms with van der Waals surface area (Å²) in [6, 6.07) is 0. The Bertz CT molecular complexity index is 1120. The number of anilines is 2. The molecule has 0 aromatic carbocycles. The van der Waals surface area contributed by atoms with E-state index in [1.54, 1.807) is 0 Å². The lowest BCUT2D eigenvalue weighted by molar-refractivity contribution is -0.143. The highest BCUT2D eigenvalue weighted by Crippen LogP contribution is 2.07. The van der Waals surface area contributed by atoms with E-state index in [0.29, 0.717) is 0 Å².